The topological polar surface area (TPSA) is 86.8 Å². The van der Waals surface area contributed by atoms with Crippen LogP contribution in [0.3, 0.4) is 0 Å². The first kappa shape index (κ1) is 29.4. The summed E-state index contributed by atoms with van der Waals surface area (Å²) in [4.78, 5) is 27.9. The highest BCUT2D eigenvalue weighted by Crippen LogP contribution is 2.26. The molecule has 0 aliphatic heterocycles. The van der Waals surface area contributed by atoms with Crippen molar-refractivity contribution in [1.29, 1.82) is 0 Å². The van der Waals surface area contributed by atoms with E-state index in [0.29, 0.717) is 10.6 Å². The minimum absolute atomic E-state index is 0.0367. The third-order valence-corrected chi connectivity index (χ3v) is 8.19. The second-order valence-electron chi connectivity index (χ2n) is 8.91. The molecule has 0 aliphatic carbocycles. The number of benzene rings is 3. The van der Waals surface area contributed by atoms with Gasteiger partial charge in [-0.15, -0.1) is 0 Å². The average Bonchev–Trinajstić information content (AvgIpc) is 2.88. The Kier molecular flexibility index (Phi) is 9.76. The van der Waals surface area contributed by atoms with Gasteiger partial charge >= 0.3 is 0 Å². The highest BCUT2D eigenvalue weighted by Gasteiger charge is 2.32. The van der Waals surface area contributed by atoms with E-state index in [1.165, 1.54) is 29.2 Å². The fourth-order valence-corrected chi connectivity index (χ4v) is 5.43. The Bertz CT molecular complexity index is 1390. The van der Waals surface area contributed by atoms with E-state index in [-0.39, 0.29) is 28.2 Å². The fraction of sp³-hybridized carbons (Fsp3) is 0.259. The summed E-state index contributed by atoms with van der Waals surface area (Å²) in [6.45, 7) is 4.46. The Morgan fingerprint density at radius 2 is 1.55 bits per heavy atom. The van der Waals surface area contributed by atoms with Gasteiger partial charge in [-0.2, -0.15) is 0 Å². The molecule has 0 spiro atoms. The molecular weight excluding hydrogens is 552 g/mol. The van der Waals surface area contributed by atoms with Crippen molar-refractivity contribution in [3.8, 4) is 0 Å². The van der Waals surface area contributed by atoms with E-state index in [2.05, 4.69) is 5.32 Å². The number of carbonyl (C=O) groups is 2. The van der Waals surface area contributed by atoms with Gasteiger partial charge in [-0.1, -0.05) is 47.5 Å². The van der Waals surface area contributed by atoms with E-state index in [1.807, 2.05) is 0 Å². The minimum atomic E-state index is -4.22. The number of nitrogens with one attached hydrogen (secondary N) is 1. The molecule has 3 rings (SSSR count). The van der Waals surface area contributed by atoms with Crippen LogP contribution in [0.5, 0.6) is 0 Å². The SMILES string of the molecule is CC(C)NC(=O)[C@@H](C)N(Cc1ccc(Cl)c(Cl)c1)C(=O)CN(c1ccc(F)cc1)S(=O)(=O)c1ccccc1. The van der Waals surface area contributed by atoms with Gasteiger partial charge in [0.2, 0.25) is 11.8 Å². The molecule has 38 heavy (non-hydrogen) atoms. The summed E-state index contributed by atoms with van der Waals surface area (Å²) in [6, 6.07) is 16.1. The smallest absolute Gasteiger partial charge is 0.264 e. The lowest BCUT2D eigenvalue weighted by atomic mass is 10.1. The first-order valence-corrected chi connectivity index (χ1v) is 14.0. The summed E-state index contributed by atoms with van der Waals surface area (Å²) < 4.78 is 41.8. The maximum atomic E-state index is 13.8. The van der Waals surface area contributed by atoms with Gasteiger partial charge in [0.05, 0.1) is 20.6 Å². The van der Waals surface area contributed by atoms with Crippen LogP contribution in [0.2, 0.25) is 10.0 Å². The predicted octanol–water partition coefficient (Wildman–Crippen LogP) is 5.27. The molecule has 202 valence electrons. The standard InChI is InChI=1S/C27H28Cl2FN3O4S/c1-18(2)31-27(35)19(3)32(16-20-9-14-24(28)25(29)15-20)26(34)17-33(22-12-10-21(30)11-13-22)38(36,37)23-7-5-4-6-8-23/h4-15,18-19H,16-17H2,1-3H3,(H,31,35)/t19-/m1/s1. The summed E-state index contributed by atoms with van der Waals surface area (Å²) in [6.07, 6.45) is 0. The number of sulfonamides is 1. The lowest BCUT2D eigenvalue weighted by Gasteiger charge is -2.32. The van der Waals surface area contributed by atoms with Crippen LogP contribution in [0, 0.1) is 5.82 Å². The van der Waals surface area contributed by atoms with Crippen LogP contribution >= 0.6 is 23.2 Å². The molecule has 0 aromatic heterocycles. The zero-order valence-electron chi connectivity index (χ0n) is 21.1. The molecule has 3 aromatic rings. The molecule has 0 radical (unpaired) electrons. The van der Waals surface area contributed by atoms with Crippen LogP contribution in [0.25, 0.3) is 0 Å². The van der Waals surface area contributed by atoms with Crippen LogP contribution in [-0.4, -0.2) is 43.8 Å². The van der Waals surface area contributed by atoms with Crippen molar-refractivity contribution < 1.29 is 22.4 Å². The molecule has 2 amide bonds. The molecule has 7 nitrogen and oxygen atoms in total. The minimum Gasteiger partial charge on any atom is -0.352 e. The van der Waals surface area contributed by atoms with E-state index >= 15 is 0 Å². The maximum absolute atomic E-state index is 13.8. The van der Waals surface area contributed by atoms with Crippen LogP contribution in [-0.2, 0) is 26.2 Å². The monoisotopic (exact) mass is 579 g/mol. The molecule has 0 aliphatic rings. The van der Waals surface area contributed by atoms with Gasteiger partial charge in [0, 0.05) is 12.6 Å². The van der Waals surface area contributed by atoms with Crippen LogP contribution in [0.15, 0.2) is 77.7 Å². The summed E-state index contributed by atoms with van der Waals surface area (Å²) >= 11 is 12.2. The summed E-state index contributed by atoms with van der Waals surface area (Å²) in [5.41, 5.74) is 0.688. The molecule has 0 saturated carbocycles. The van der Waals surface area contributed by atoms with Crippen LogP contribution < -0.4 is 9.62 Å². The van der Waals surface area contributed by atoms with Gasteiger partial charge in [0.1, 0.15) is 18.4 Å². The van der Waals surface area contributed by atoms with E-state index in [4.69, 9.17) is 23.2 Å². The zero-order valence-corrected chi connectivity index (χ0v) is 23.4. The highest BCUT2D eigenvalue weighted by atomic mass is 35.5. The number of nitrogens with zero attached hydrogens (tertiary/aromatic N) is 2. The molecule has 0 unspecified atom stereocenters. The number of rotatable bonds is 10. The van der Waals surface area contributed by atoms with E-state index in [9.17, 15) is 22.4 Å². The lowest BCUT2D eigenvalue weighted by Crippen LogP contribution is -2.52. The van der Waals surface area contributed by atoms with Gasteiger partial charge in [0.25, 0.3) is 10.0 Å². The van der Waals surface area contributed by atoms with Gasteiger partial charge < -0.3 is 10.2 Å². The van der Waals surface area contributed by atoms with Crippen LogP contribution in [0.1, 0.15) is 26.3 Å². The Hall–Kier alpha value is -3.14. The molecule has 0 fully saturated rings. The van der Waals surface area contributed by atoms with E-state index in [1.54, 1.807) is 57.2 Å². The number of halogens is 3. The average molecular weight is 581 g/mol. The molecule has 0 heterocycles. The number of amides is 2. The number of carbonyl (C=O) groups excluding carboxylic acids is 2. The van der Waals surface area contributed by atoms with E-state index in [0.717, 1.165) is 16.4 Å². The summed E-state index contributed by atoms with van der Waals surface area (Å²) in [5.74, 6) is -1.61. The summed E-state index contributed by atoms with van der Waals surface area (Å²) in [5, 5.41) is 3.38. The second-order valence-corrected chi connectivity index (χ2v) is 11.6. The van der Waals surface area contributed by atoms with Crippen LogP contribution in [0.4, 0.5) is 10.1 Å². The molecule has 3 aromatic carbocycles. The summed E-state index contributed by atoms with van der Waals surface area (Å²) in [7, 11) is -4.22. The van der Waals surface area contributed by atoms with Crippen molar-refractivity contribution in [2.45, 2.75) is 44.3 Å². The van der Waals surface area contributed by atoms with Crippen molar-refractivity contribution >= 4 is 50.7 Å². The maximum Gasteiger partial charge on any atom is 0.264 e. The van der Waals surface area contributed by atoms with Gasteiger partial charge in [-0.3, -0.25) is 13.9 Å². The largest absolute Gasteiger partial charge is 0.352 e. The first-order valence-electron chi connectivity index (χ1n) is 11.8. The third kappa shape index (κ3) is 7.24. The highest BCUT2D eigenvalue weighted by molar-refractivity contribution is 7.92. The third-order valence-electron chi connectivity index (χ3n) is 5.66. The predicted molar refractivity (Wildman–Crippen MR) is 147 cm³/mol. The Balaban J connectivity index is 2.02. The number of anilines is 1. The van der Waals surface area contributed by atoms with Gasteiger partial charge in [-0.05, 0) is 74.9 Å². The van der Waals surface area contributed by atoms with Crippen molar-refractivity contribution in [3.63, 3.8) is 0 Å². The Labute approximate surface area is 232 Å². The fourth-order valence-electron chi connectivity index (χ4n) is 3.68. The molecule has 11 heteroatoms. The van der Waals surface area contributed by atoms with E-state index < -0.39 is 40.2 Å². The second kappa shape index (κ2) is 12.6. The van der Waals surface area contributed by atoms with Gasteiger partial charge in [-0.25, -0.2) is 12.8 Å². The van der Waals surface area contributed by atoms with Crippen molar-refractivity contribution in [2.24, 2.45) is 0 Å². The zero-order chi connectivity index (χ0) is 28.0. The quantitative estimate of drug-likeness (QED) is 0.354. The van der Waals surface area contributed by atoms with Gasteiger partial charge in [0.15, 0.2) is 0 Å². The number of hydrogen-bond acceptors (Lipinski definition) is 4. The number of hydrogen-bond donors (Lipinski definition) is 1. The first-order chi connectivity index (χ1) is 17.9. The molecule has 1 atom stereocenters. The van der Waals surface area contributed by atoms with Crippen molar-refractivity contribution in [3.05, 3.63) is 94.2 Å². The molecule has 1 N–H and O–H groups in total. The normalized spacial score (nSPS) is 12.2. The molecular formula is C27H28Cl2FN3O4S. The Morgan fingerprint density at radius 1 is 0.921 bits per heavy atom. The molecule has 0 bridgehead atoms. The van der Waals surface area contributed by atoms with Crippen molar-refractivity contribution in [2.75, 3.05) is 10.8 Å². The molecule has 0 saturated heterocycles. The Morgan fingerprint density at radius 3 is 2.13 bits per heavy atom. The van der Waals surface area contributed by atoms with Crippen molar-refractivity contribution in [1.82, 2.24) is 10.2 Å². The lowest BCUT2D eigenvalue weighted by molar-refractivity contribution is -0.139.